The summed E-state index contributed by atoms with van der Waals surface area (Å²) >= 11 is 0. The summed E-state index contributed by atoms with van der Waals surface area (Å²) in [6.45, 7) is 22.4. The van der Waals surface area contributed by atoms with E-state index >= 15 is 9.59 Å². The molecular formula is C73H85N5O14Si. The molecule has 1 saturated heterocycles. The van der Waals surface area contributed by atoms with Gasteiger partial charge in [-0.15, -0.1) is 0 Å². The zero-order valence-electron chi connectivity index (χ0n) is 54.6. The highest BCUT2D eigenvalue weighted by atomic mass is 28.4. The summed E-state index contributed by atoms with van der Waals surface area (Å²) in [5.41, 5.74) is 7.09. The molecule has 2 fully saturated rings. The molecule has 5 amide bonds. The number of carbonyl (C=O) groups is 7. The fourth-order valence-corrected chi connectivity index (χ4v) is 13.5. The second kappa shape index (κ2) is 28.5. The van der Waals surface area contributed by atoms with Crippen LogP contribution in [0.5, 0.6) is 17.2 Å². The number of esters is 1. The van der Waals surface area contributed by atoms with E-state index < -0.39 is 50.6 Å². The summed E-state index contributed by atoms with van der Waals surface area (Å²) in [5, 5.41) is 2.45. The lowest BCUT2D eigenvalue weighted by Crippen LogP contribution is -2.58. The highest BCUT2D eigenvalue weighted by molar-refractivity contribution is 6.74. The lowest BCUT2D eigenvalue weighted by Gasteiger charge is -2.44. The molecule has 10 rings (SSSR count). The fraction of sp³-hybridized carbons (Fsp3) is 0.411. The first-order valence-electron chi connectivity index (χ1n) is 31.9. The van der Waals surface area contributed by atoms with Crippen LogP contribution < -0.4 is 29.3 Å². The van der Waals surface area contributed by atoms with Crippen LogP contribution in [-0.4, -0.2) is 131 Å². The largest absolute Gasteiger partial charge is 0.493 e. The number of benzene rings is 5. The minimum Gasteiger partial charge on any atom is -0.493 e. The van der Waals surface area contributed by atoms with Crippen LogP contribution in [0.2, 0.25) is 18.1 Å². The predicted molar refractivity (Wildman–Crippen MR) is 356 cm³/mol. The maximum Gasteiger partial charge on any atom is 0.416 e. The molecule has 4 heterocycles. The molecule has 1 unspecified atom stereocenters. The van der Waals surface area contributed by atoms with Crippen LogP contribution in [0.4, 0.5) is 21.0 Å². The van der Waals surface area contributed by atoms with Crippen LogP contribution in [0.1, 0.15) is 113 Å². The summed E-state index contributed by atoms with van der Waals surface area (Å²) in [6, 6.07) is 30.5. The van der Waals surface area contributed by atoms with Gasteiger partial charge in [0.2, 0.25) is 5.91 Å². The third-order valence-corrected chi connectivity index (χ3v) is 23.1. The molecule has 5 aromatic carbocycles. The number of ketones is 1. The van der Waals surface area contributed by atoms with Crippen LogP contribution in [0.25, 0.3) is 5.57 Å². The summed E-state index contributed by atoms with van der Waals surface area (Å²) in [5.74, 6) is -1.45. The highest BCUT2D eigenvalue weighted by Gasteiger charge is 2.60. The molecule has 19 nitrogen and oxygen atoms in total. The number of anilines is 2. The van der Waals surface area contributed by atoms with E-state index in [1.165, 1.54) is 29.1 Å². The number of carbonyl (C=O) groups excluding carboxylic acids is 7. The van der Waals surface area contributed by atoms with Crippen LogP contribution in [0.3, 0.4) is 0 Å². The zero-order valence-corrected chi connectivity index (χ0v) is 55.6. The molecule has 490 valence electrons. The van der Waals surface area contributed by atoms with Crippen molar-refractivity contribution in [2.45, 2.75) is 129 Å². The Hall–Kier alpha value is -9.01. The highest BCUT2D eigenvalue weighted by Crippen LogP contribution is 2.58. The van der Waals surface area contributed by atoms with Gasteiger partial charge in [0.25, 0.3) is 11.8 Å². The van der Waals surface area contributed by atoms with E-state index in [1.807, 2.05) is 79.5 Å². The molecule has 1 saturated carbocycles. The molecule has 1 N–H and O–H groups in total. The second-order valence-corrected chi connectivity index (χ2v) is 31.2. The van der Waals surface area contributed by atoms with Gasteiger partial charge in [0, 0.05) is 37.7 Å². The lowest BCUT2D eigenvalue weighted by molar-refractivity contribution is -0.145. The van der Waals surface area contributed by atoms with Crippen molar-refractivity contribution >= 4 is 66.9 Å². The Balaban J connectivity index is 0.844. The lowest BCUT2D eigenvalue weighted by atomic mass is 9.95. The van der Waals surface area contributed by atoms with Crippen LogP contribution in [-0.2, 0) is 52.5 Å². The monoisotopic (exact) mass is 1280 g/mol. The molecule has 0 radical (unpaired) electrons. The van der Waals surface area contributed by atoms with Gasteiger partial charge < -0.3 is 48.0 Å². The molecule has 1 aliphatic carbocycles. The maximum atomic E-state index is 15.2. The molecule has 93 heavy (non-hydrogen) atoms. The SMILES string of the molecule is C=CCOC(=O)C[C@@H](Cc1ccccc1)C(=O)NCC(=O)Cc1ccc(COC(=O)N2c3cc(OCCCOc4cc5c(cc4OC)C(=O)N4C=C(c6ccc(C)cc6)C[C@H]4CN5C(=O)OCC=C)c(C)cc3C(=O)N3CC4(CC4)C[C@H]3C2O[Si](C)(C)C(C)(C)C)cc1. The average molecular weight is 1280 g/mol. The molecule has 1 spiro atoms. The van der Waals surface area contributed by atoms with Crippen molar-refractivity contribution in [2.75, 3.05) is 63.0 Å². The van der Waals surface area contributed by atoms with Crippen LogP contribution >= 0.6 is 0 Å². The molecule has 0 aromatic heterocycles. The molecular weight excluding hydrogens is 1200 g/mol. The first-order chi connectivity index (χ1) is 44.5. The number of nitrogens with one attached hydrogen (secondary N) is 1. The quantitative estimate of drug-likeness (QED) is 0.0190. The van der Waals surface area contributed by atoms with Crippen LogP contribution in [0.15, 0.2) is 135 Å². The summed E-state index contributed by atoms with van der Waals surface area (Å²) in [7, 11) is -1.20. The Morgan fingerprint density at radius 3 is 2.11 bits per heavy atom. The van der Waals surface area contributed by atoms with Gasteiger partial charge in [0.05, 0.1) is 80.3 Å². The van der Waals surface area contributed by atoms with Gasteiger partial charge in [0.1, 0.15) is 25.6 Å². The standard InChI is InChI=1S/C73H85N5O14Si/c1-11-29-89-65(80)37-53(34-49-17-14-13-15-18-49)66(81)74-42-56(79)35-50-21-23-51(24-22-50)45-91-71(85)78-60-40-62(48(4)33-57(60)68(83)77-46-73(27-28-73)41-61(77)69(78)92-93(9,10)72(5,6)7)87-31-16-32-88-64-39-59-58(38-63(64)86-8)67(82)75-43-54(52-25-19-47(3)20-26-52)36-55(75)44-76(59)70(84)90-30-12-2/h11-15,17-26,33,38-40,43,53,55,61,69H,1-2,16,27-32,34-37,41-42,44-46H2,3-10H3,(H,74,81)/t53-,55+,61+,69?/m1/s1. The number of amides is 5. The Kier molecular flexibility index (Phi) is 20.5. The van der Waals surface area contributed by atoms with Gasteiger partial charge in [0.15, 0.2) is 31.8 Å². The number of fused-ring (bicyclic) bond motifs is 4. The van der Waals surface area contributed by atoms with Crippen molar-refractivity contribution in [3.63, 3.8) is 0 Å². The van der Waals surface area contributed by atoms with Crippen molar-refractivity contribution in [3.8, 4) is 17.2 Å². The second-order valence-electron chi connectivity index (χ2n) is 26.5. The van der Waals surface area contributed by atoms with Crippen LogP contribution in [0, 0.1) is 25.2 Å². The predicted octanol–water partition coefficient (Wildman–Crippen LogP) is 12.3. The van der Waals surface area contributed by atoms with Gasteiger partial charge in [-0.25, -0.2) is 14.5 Å². The van der Waals surface area contributed by atoms with Crippen molar-refractivity contribution in [3.05, 3.63) is 179 Å². The van der Waals surface area contributed by atoms with E-state index in [9.17, 15) is 24.0 Å². The number of aryl methyl sites for hydroxylation is 2. The molecule has 0 bridgehead atoms. The summed E-state index contributed by atoms with van der Waals surface area (Å²) < 4.78 is 43.1. The van der Waals surface area contributed by atoms with Crippen molar-refractivity contribution < 1.29 is 66.4 Å². The van der Waals surface area contributed by atoms with Gasteiger partial charge in [-0.2, -0.15) is 0 Å². The van der Waals surface area contributed by atoms with Gasteiger partial charge in [-0.1, -0.05) is 131 Å². The molecule has 20 heteroatoms. The normalized spacial score (nSPS) is 18.2. The van der Waals surface area contributed by atoms with E-state index in [-0.39, 0.29) is 105 Å². The third-order valence-electron chi connectivity index (χ3n) is 18.6. The fourth-order valence-electron chi connectivity index (χ4n) is 12.2. The van der Waals surface area contributed by atoms with E-state index in [0.717, 1.165) is 35.1 Å². The van der Waals surface area contributed by atoms with E-state index in [4.69, 9.17) is 32.8 Å². The van der Waals surface area contributed by atoms with Gasteiger partial charge >= 0.3 is 18.2 Å². The third kappa shape index (κ3) is 15.4. The number of nitrogens with zero attached hydrogens (tertiary/aromatic N) is 4. The molecule has 5 aliphatic rings. The number of rotatable bonds is 25. The van der Waals surface area contributed by atoms with E-state index in [1.54, 1.807) is 53.4 Å². The molecule has 4 aliphatic heterocycles. The first kappa shape index (κ1) is 66.9. The number of hydrogen-bond acceptors (Lipinski definition) is 14. The first-order valence-corrected chi connectivity index (χ1v) is 34.8. The minimum atomic E-state index is -2.69. The van der Waals surface area contributed by atoms with Crippen molar-refractivity contribution in [1.29, 1.82) is 0 Å². The molecule has 5 aromatic rings. The molecule has 4 atom stereocenters. The average Bonchev–Trinajstić information content (AvgIpc) is 1.57. The number of hydrogen-bond donors (Lipinski definition) is 1. The van der Waals surface area contributed by atoms with Gasteiger partial charge in [-0.3, -0.25) is 28.9 Å². The number of Topliss-reactive ketones (excluding diaryl/α,β-unsaturated/α-hetero) is 1. The summed E-state index contributed by atoms with van der Waals surface area (Å²) in [4.78, 5) is 104. The van der Waals surface area contributed by atoms with Gasteiger partial charge in [-0.05, 0) is 115 Å². The minimum absolute atomic E-state index is 0.0165. The maximum absolute atomic E-state index is 15.2. The Morgan fingerprint density at radius 1 is 0.763 bits per heavy atom. The Bertz CT molecular complexity index is 3690. The van der Waals surface area contributed by atoms with E-state index in [2.05, 4.69) is 52.3 Å². The number of methoxy groups -OCH3 is 1. The zero-order chi connectivity index (χ0) is 66.4. The van der Waals surface area contributed by atoms with Crippen molar-refractivity contribution in [2.24, 2.45) is 11.3 Å². The number of ether oxygens (including phenoxy) is 6. The Morgan fingerprint density at radius 2 is 1.43 bits per heavy atom. The Labute approximate surface area is 545 Å². The smallest absolute Gasteiger partial charge is 0.416 e. The van der Waals surface area contributed by atoms with E-state index in [0.29, 0.717) is 76.7 Å². The topological polar surface area (TPSA) is 209 Å². The summed E-state index contributed by atoms with van der Waals surface area (Å²) in [6.07, 6.45) is 6.19. The van der Waals surface area contributed by atoms with Crippen molar-refractivity contribution in [1.82, 2.24) is 15.1 Å².